The molecular weight excluding hydrogens is 665 g/mol. The minimum Gasteiger partial charge on any atom is -0.135 e. The monoisotopic (exact) mass is 692 g/mol. The van der Waals surface area contributed by atoms with Crippen LogP contribution >= 0.6 is 22.7 Å². The zero-order chi connectivity index (χ0) is 33.9. The fourth-order valence-corrected chi connectivity index (χ4v) is 10.9. The van der Waals surface area contributed by atoms with Gasteiger partial charge in [-0.15, -0.1) is 22.7 Å². The number of fused-ring (bicyclic) bond motifs is 13. The van der Waals surface area contributed by atoms with Crippen LogP contribution in [0.3, 0.4) is 0 Å². The van der Waals surface area contributed by atoms with Crippen molar-refractivity contribution in [3.05, 3.63) is 170 Å². The Balaban J connectivity index is 0.964. The third kappa shape index (κ3) is 4.26. The third-order valence-electron chi connectivity index (χ3n) is 11.1. The first-order valence-corrected chi connectivity index (χ1v) is 19.4. The second kappa shape index (κ2) is 10.7. The summed E-state index contributed by atoms with van der Waals surface area (Å²) in [5.41, 5.74) is 2.56. The zero-order valence-electron chi connectivity index (χ0n) is 28.0. The Labute approximate surface area is 307 Å². The van der Waals surface area contributed by atoms with Gasteiger partial charge < -0.3 is 0 Å². The summed E-state index contributed by atoms with van der Waals surface area (Å²) in [6.45, 7) is 0. The van der Waals surface area contributed by atoms with E-state index in [0.717, 1.165) is 0 Å². The molecule has 0 spiro atoms. The van der Waals surface area contributed by atoms with Crippen molar-refractivity contribution in [3.8, 4) is 20.9 Å². The Hall–Kier alpha value is -6.06. The summed E-state index contributed by atoms with van der Waals surface area (Å²) >= 11 is 3.82. The van der Waals surface area contributed by atoms with E-state index in [4.69, 9.17) is 0 Å². The predicted octanol–water partition coefficient (Wildman–Crippen LogP) is 15.5. The van der Waals surface area contributed by atoms with Gasteiger partial charge >= 0.3 is 0 Å². The Morgan fingerprint density at radius 1 is 0.231 bits per heavy atom. The zero-order valence-corrected chi connectivity index (χ0v) is 29.6. The van der Waals surface area contributed by atoms with Gasteiger partial charge in [-0.2, -0.15) is 0 Å². The van der Waals surface area contributed by atoms with Crippen molar-refractivity contribution >= 4 is 118 Å². The standard InChI is InChI=1S/C50H28S2/c1-3-7-31-23-39-25-35(11-9-33(39)21-29(31)5-1)47-27-37-13-15-43-41-18-20-46-44(42(41)17-19-45(43)49(37)51-47)16-14-38-28-48(52-50(38)46)36-12-10-34-22-30-6-2-4-8-32(30)24-40(34)26-36/h1-28H. The summed E-state index contributed by atoms with van der Waals surface area (Å²) in [6, 6.07) is 63.8. The van der Waals surface area contributed by atoms with Crippen molar-refractivity contribution in [1.82, 2.24) is 0 Å². The summed E-state index contributed by atoms with van der Waals surface area (Å²) in [6.07, 6.45) is 0. The summed E-state index contributed by atoms with van der Waals surface area (Å²) in [7, 11) is 0. The summed E-state index contributed by atoms with van der Waals surface area (Å²) in [5.74, 6) is 0. The van der Waals surface area contributed by atoms with E-state index in [9.17, 15) is 0 Å². The molecule has 0 saturated heterocycles. The first-order valence-electron chi connectivity index (χ1n) is 17.8. The first-order chi connectivity index (χ1) is 25.7. The summed E-state index contributed by atoms with van der Waals surface area (Å²) < 4.78 is 2.71. The molecule has 0 aliphatic rings. The van der Waals surface area contributed by atoms with Gasteiger partial charge in [-0.3, -0.25) is 0 Å². The Morgan fingerprint density at radius 3 is 1.00 bits per heavy atom. The molecule has 2 aromatic heterocycles. The van der Waals surface area contributed by atoms with Gasteiger partial charge in [0.25, 0.3) is 0 Å². The smallest absolute Gasteiger partial charge is 0.0428 e. The van der Waals surface area contributed by atoms with Crippen molar-refractivity contribution in [2.45, 2.75) is 0 Å². The molecule has 0 N–H and O–H groups in total. The highest BCUT2D eigenvalue weighted by atomic mass is 32.1. The van der Waals surface area contributed by atoms with E-state index in [-0.39, 0.29) is 0 Å². The van der Waals surface area contributed by atoms with Crippen molar-refractivity contribution in [2.75, 3.05) is 0 Å². The van der Waals surface area contributed by atoms with E-state index < -0.39 is 0 Å². The maximum atomic E-state index is 2.37. The summed E-state index contributed by atoms with van der Waals surface area (Å²) in [4.78, 5) is 2.62. The average Bonchev–Trinajstić information content (AvgIpc) is 3.84. The van der Waals surface area contributed by atoms with Crippen LogP contribution in [0.5, 0.6) is 0 Å². The van der Waals surface area contributed by atoms with Crippen LogP contribution in [0, 0.1) is 0 Å². The highest BCUT2D eigenvalue weighted by molar-refractivity contribution is 7.23. The lowest BCUT2D eigenvalue weighted by molar-refractivity contribution is 1.75. The van der Waals surface area contributed by atoms with Crippen molar-refractivity contribution in [2.24, 2.45) is 0 Å². The van der Waals surface area contributed by atoms with Crippen molar-refractivity contribution in [3.63, 3.8) is 0 Å². The number of thiophene rings is 2. The van der Waals surface area contributed by atoms with Crippen LogP contribution in [-0.2, 0) is 0 Å². The molecule has 12 aromatic rings. The van der Waals surface area contributed by atoms with E-state index >= 15 is 0 Å². The van der Waals surface area contributed by atoms with Crippen LogP contribution in [0.25, 0.3) is 116 Å². The minimum absolute atomic E-state index is 1.28. The molecular formula is C50H28S2. The van der Waals surface area contributed by atoms with Gasteiger partial charge in [-0.1, -0.05) is 121 Å². The SMILES string of the molecule is c1ccc2cc3cc(-c4cc5ccc6c7ccc8c(ccc9cc(-c%10ccc%11cc%12ccccc%12cc%11c%10)sc98)c7ccc6c5s4)ccc3cc2c1. The van der Waals surface area contributed by atoms with E-state index in [2.05, 4.69) is 170 Å². The molecule has 0 atom stereocenters. The molecule has 2 heteroatoms. The van der Waals surface area contributed by atoms with Crippen LogP contribution < -0.4 is 0 Å². The Kier molecular flexibility index (Phi) is 5.90. The van der Waals surface area contributed by atoms with Crippen LogP contribution in [0.15, 0.2) is 170 Å². The summed E-state index contributed by atoms with van der Waals surface area (Å²) in [5, 5.41) is 20.8. The topological polar surface area (TPSA) is 0 Å². The molecule has 0 aliphatic heterocycles. The maximum absolute atomic E-state index is 2.37. The highest BCUT2D eigenvalue weighted by Gasteiger charge is 2.14. The van der Waals surface area contributed by atoms with Gasteiger partial charge in [0, 0.05) is 29.9 Å². The third-order valence-corrected chi connectivity index (χ3v) is 13.6. The Morgan fingerprint density at radius 2 is 0.558 bits per heavy atom. The van der Waals surface area contributed by atoms with E-state index in [1.807, 2.05) is 22.7 Å². The van der Waals surface area contributed by atoms with Crippen LogP contribution in [0.4, 0.5) is 0 Å². The highest BCUT2D eigenvalue weighted by Crippen LogP contribution is 2.44. The van der Waals surface area contributed by atoms with Crippen LogP contribution in [-0.4, -0.2) is 0 Å². The Bertz CT molecular complexity index is 3240. The lowest BCUT2D eigenvalue weighted by Crippen LogP contribution is -1.81. The number of hydrogen-bond acceptors (Lipinski definition) is 2. The van der Waals surface area contributed by atoms with Crippen molar-refractivity contribution < 1.29 is 0 Å². The molecule has 0 aliphatic carbocycles. The van der Waals surface area contributed by atoms with Crippen LogP contribution in [0.2, 0.25) is 0 Å². The molecule has 12 rings (SSSR count). The van der Waals surface area contributed by atoms with Gasteiger partial charge in [-0.25, -0.2) is 0 Å². The van der Waals surface area contributed by atoms with Gasteiger partial charge in [0.2, 0.25) is 0 Å². The predicted molar refractivity (Wildman–Crippen MR) is 231 cm³/mol. The molecule has 0 radical (unpaired) electrons. The van der Waals surface area contributed by atoms with Gasteiger partial charge in [0.05, 0.1) is 0 Å². The molecule has 0 amide bonds. The second-order valence-corrected chi connectivity index (χ2v) is 16.2. The van der Waals surface area contributed by atoms with E-state index in [1.54, 1.807) is 0 Å². The molecule has 0 saturated carbocycles. The average molecular weight is 693 g/mol. The van der Waals surface area contributed by atoms with Gasteiger partial charge in [-0.05, 0) is 135 Å². The number of rotatable bonds is 2. The van der Waals surface area contributed by atoms with Crippen LogP contribution in [0.1, 0.15) is 0 Å². The fraction of sp³-hybridized carbons (Fsp3) is 0. The van der Waals surface area contributed by atoms with E-state index in [0.29, 0.717) is 0 Å². The maximum Gasteiger partial charge on any atom is 0.0428 e. The number of hydrogen-bond donors (Lipinski definition) is 0. The largest absolute Gasteiger partial charge is 0.135 e. The molecule has 2 heterocycles. The van der Waals surface area contributed by atoms with Crippen molar-refractivity contribution in [1.29, 1.82) is 0 Å². The van der Waals surface area contributed by atoms with Gasteiger partial charge in [0.1, 0.15) is 0 Å². The molecule has 0 nitrogen and oxygen atoms in total. The molecule has 52 heavy (non-hydrogen) atoms. The normalized spacial score (nSPS) is 12.2. The number of benzene rings is 10. The molecule has 0 fully saturated rings. The molecule has 0 unspecified atom stereocenters. The quantitative estimate of drug-likeness (QED) is 0.125. The molecule has 10 aromatic carbocycles. The van der Waals surface area contributed by atoms with E-state index in [1.165, 1.54) is 116 Å². The fourth-order valence-electron chi connectivity index (χ4n) is 8.50. The lowest BCUT2D eigenvalue weighted by atomic mass is 9.96. The van der Waals surface area contributed by atoms with Gasteiger partial charge in [0.15, 0.2) is 0 Å². The molecule has 240 valence electrons. The lowest BCUT2D eigenvalue weighted by Gasteiger charge is -2.09. The minimum atomic E-state index is 1.28. The second-order valence-electron chi connectivity index (χ2n) is 14.1. The molecule has 0 bridgehead atoms. The first kappa shape index (κ1) is 28.6.